The van der Waals surface area contributed by atoms with Crippen molar-refractivity contribution in [3.63, 3.8) is 0 Å². The van der Waals surface area contributed by atoms with E-state index in [9.17, 15) is 9.18 Å². The van der Waals surface area contributed by atoms with Gasteiger partial charge in [-0.05, 0) is 17.7 Å². The SMILES string of the molecule is CN(Cc1ccccc1)C(=O)N1CCN(c2ccccc2F)CC1. The Balaban J connectivity index is 1.56. The van der Waals surface area contributed by atoms with Gasteiger partial charge in [0.05, 0.1) is 5.69 Å². The zero-order chi connectivity index (χ0) is 16.9. The number of carbonyl (C=O) groups excluding carboxylic acids is 1. The molecule has 0 radical (unpaired) electrons. The van der Waals surface area contributed by atoms with Crippen LogP contribution in [0.4, 0.5) is 14.9 Å². The van der Waals surface area contributed by atoms with Gasteiger partial charge in [0.2, 0.25) is 0 Å². The van der Waals surface area contributed by atoms with Gasteiger partial charge in [-0.1, -0.05) is 42.5 Å². The first-order valence-electron chi connectivity index (χ1n) is 8.18. The van der Waals surface area contributed by atoms with Crippen LogP contribution in [0.2, 0.25) is 0 Å². The van der Waals surface area contributed by atoms with Crippen LogP contribution in [0.3, 0.4) is 0 Å². The summed E-state index contributed by atoms with van der Waals surface area (Å²) in [5.41, 5.74) is 1.72. The van der Waals surface area contributed by atoms with Gasteiger partial charge in [-0.2, -0.15) is 0 Å². The molecule has 126 valence electrons. The average Bonchev–Trinajstić information content (AvgIpc) is 2.62. The Hall–Kier alpha value is -2.56. The molecule has 0 saturated carbocycles. The van der Waals surface area contributed by atoms with Crippen LogP contribution in [0.15, 0.2) is 54.6 Å². The molecule has 1 fully saturated rings. The lowest BCUT2D eigenvalue weighted by molar-refractivity contribution is 0.157. The minimum Gasteiger partial charge on any atom is -0.366 e. The Morgan fingerprint density at radius 1 is 1.00 bits per heavy atom. The number of anilines is 1. The third-order valence-corrected chi connectivity index (χ3v) is 4.33. The molecule has 1 aliphatic rings. The molecule has 0 atom stereocenters. The monoisotopic (exact) mass is 327 g/mol. The molecule has 2 amide bonds. The van der Waals surface area contributed by atoms with E-state index >= 15 is 0 Å². The summed E-state index contributed by atoms with van der Waals surface area (Å²) in [5.74, 6) is -0.210. The maximum Gasteiger partial charge on any atom is 0.320 e. The van der Waals surface area contributed by atoms with Gasteiger partial charge in [-0.15, -0.1) is 0 Å². The van der Waals surface area contributed by atoms with E-state index in [4.69, 9.17) is 0 Å². The Bertz CT molecular complexity index is 684. The van der Waals surface area contributed by atoms with Gasteiger partial charge < -0.3 is 14.7 Å². The molecule has 24 heavy (non-hydrogen) atoms. The minimum atomic E-state index is -0.210. The number of nitrogens with zero attached hydrogens (tertiary/aromatic N) is 3. The van der Waals surface area contributed by atoms with E-state index in [0.29, 0.717) is 38.4 Å². The van der Waals surface area contributed by atoms with E-state index < -0.39 is 0 Å². The van der Waals surface area contributed by atoms with Crippen LogP contribution in [-0.2, 0) is 6.54 Å². The van der Waals surface area contributed by atoms with Crippen molar-refractivity contribution in [3.8, 4) is 0 Å². The number of halogens is 1. The molecule has 0 spiro atoms. The van der Waals surface area contributed by atoms with Crippen molar-refractivity contribution >= 4 is 11.7 Å². The Labute approximate surface area is 142 Å². The molecule has 4 nitrogen and oxygen atoms in total. The number of rotatable bonds is 3. The lowest BCUT2D eigenvalue weighted by Gasteiger charge is -2.37. The zero-order valence-electron chi connectivity index (χ0n) is 13.9. The predicted octanol–water partition coefficient (Wildman–Crippen LogP) is 3.20. The van der Waals surface area contributed by atoms with Crippen LogP contribution in [0.1, 0.15) is 5.56 Å². The van der Waals surface area contributed by atoms with Gasteiger partial charge in [0.25, 0.3) is 0 Å². The third-order valence-electron chi connectivity index (χ3n) is 4.33. The molecule has 0 aliphatic carbocycles. The molecule has 2 aromatic rings. The number of benzene rings is 2. The number of piperazine rings is 1. The Morgan fingerprint density at radius 2 is 1.62 bits per heavy atom. The summed E-state index contributed by atoms with van der Waals surface area (Å²) in [6, 6.07) is 16.7. The first-order chi connectivity index (χ1) is 11.6. The van der Waals surface area contributed by atoms with E-state index in [2.05, 4.69) is 0 Å². The van der Waals surface area contributed by atoms with Crippen molar-refractivity contribution in [2.45, 2.75) is 6.54 Å². The second-order valence-electron chi connectivity index (χ2n) is 6.05. The highest BCUT2D eigenvalue weighted by Gasteiger charge is 2.24. The molecular formula is C19H22FN3O. The molecule has 0 unspecified atom stereocenters. The summed E-state index contributed by atoms with van der Waals surface area (Å²) in [6.07, 6.45) is 0. The molecule has 1 aliphatic heterocycles. The fourth-order valence-corrected chi connectivity index (χ4v) is 3.01. The number of hydrogen-bond donors (Lipinski definition) is 0. The lowest BCUT2D eigenvalue weighted by atomic mass is 10.2. The Kier molecular flexibility index (Phi) is 4.99. The standard InChI is InChI=1S/C19H22FN3O/c1-21(15-16-7-3-2-4-8-16)19(24)23-13-11-22(12-14-23)18-10-6-5-9-17(18)20/h2-10H,11-15H2,1H3. The molecule has 0 N–H and O–H groups in total. The van der Waals surface area contributed by atoms with Crippen molar-refractivity contribution in [2.24, 2.45) is 0 Å². The normalized spacial score (nSPS) is 14.6. The number of hydrogen-bond acceptors (Lipinski definition) is 2. The van der Waals surface area contributed by atoms with E-state index in [1.165, 1.54) is 6.07 Å². The van der Waals surface area contributed by atoms with Crippen molar-refractivity contribution in [2.75, 3.05) is 38.1 Å². The van der Waals surface area contributed by atoms with Crippen LogP contribution in [0, 0.1) is 5.82 Å². The van der Waals surface area contributed by atoms with E-state index in [0.717, 1.165) is 5.56 Å². The number of carbonyl (C=O) groups is 1. The van der Waals surface area contributed by atoms with Crippen LogP contribution in [-0.4, -0.2) is 49.1 Å². The highest BCUT2D eigenvalue weighted by atomic mass is 19.1. The van der Waals surface area contributed by atoms with Crippen LogP contribution < -0.4 is 4.90 Å². The third kappa shape index (κ3) is 3.67. The highest BCUT2D eigenvalue weighted by molar-refractivity contribution is 5.74. The predicted molar refractivity (Wildman–Crippen MR) is 93.5 cm³/mol. The number of amides is 2. The number of urea groups is 1. The number of para-hydroxylation sites is 1. The van der Waals surface area contributed by atoms with Gasteiger partial charge in [0, 0.05) is 39.8 Å². The molecular weight excluding hydrogens is 305 g/mol. The second-order valence-corrected chi connectivity index (χ2v) is 6.05. The first-order valence-corrected chi connectivity index (χ1v) is 8.18. The van der Waals surface area contributed by atoms with Gasteiger partial charge in [0.15, 0.2) is 0 Å². The van der Waals surface area contributed by atoms with Gasteiger partial charge in [-0.25, -0.2) is 9.18 Å². The summed E-state index contributed by atoms with van der Waals surface area (Å²) in [6.45, 7) is 3.09. The molecule has 1 saturated heterocycles. The topological polar surface area (TPSA) is 26.8 Å². The summed E-state index contributed by atoms with van der Waals surface area (Å²) in [5, 5.41) is 0. The molecule has 0 aromatic heterocycles. The van der Waals surface area contributed by atoms with Gasteiger partial charge in [-0.3, -0.25) is 0 Å². The average molecular weight is 327 g/mol. The molecule has 1 heterocycles. The van der Waals surface area contributed by atoms with Crippen LogP contribution in [0.5, 0.6) is 0 Å². The van der Waals surface area contributed by atoms with Crippen LogP contribution >= 0.6 is 0 Å². The highest BCUT2D eigenvalue weighted by Crippen LogP contribution is 2.20. The van der Waals surface area contributed by atoms with Crippen molar-refractivity contribution in [1.82, 2.24) is 9.80 Å². The first kappa shape index (κ1) is 16.3. The van der Waals surface area contributed by atoms with Crippen LogP contribution in [0.25, 0.3) is 0 Å². The van der Waals surface area contributed by atoms with Crippen molar-refractivity contribution in [1.29, 1.82) is 0 Å². The van der Waals surface area contributed by atoms with E-state index in [1.54, 1.807) is 17.0 Å². The van der Waals surface area contributed by atoms with Gasteiger partial charge >= 0.3 is 6.03 Å². The van der Waals surface area contributed by atoms with Gasteiger partial charge in [0.1, 0.15) is 5.82 Å². The molecule has 3 rings (SSSR count). The summed E-state index contributed by atoms with van der Waals surface area (Å²) in [4.78, 5) is 18.1. The fraction of sp³-hybridized carbons (Fsp3) is 0.316. The quantitative estimate of drug-likeness (QED) is 0.865. The maximum absolute atomic E-state index is 13.9. The second kappa shape index (κ2) is 7.34. The largest absolute Gasteiger partial charge is 0.366 e. The summed E-state index contributed by atoms with van der Waals surface area (Å²) >= 11 is 0. The summed E-state index contributed by atoms with van der Waals surface area (Å²) < 4.78 is 13.9. The van der Waals surface area contributed by atoms with E-state index in [1.807, 2.05) is 53.2 Å². The minimum absolute atomic E-state index is 0.0204. The molecule has 5 heteroatoms. The summed E-state index contributed by atoms with van der Waals surface area (Å²) in [7, 11) is 1.82. The van der Waals surface area contributed by atoms with Crippen molar-refractivity contribution < 1.29 is 9.18 Å². The maximum atomic E-state index is 13.9. The fourth-order valence-electron chi connectivity index (χ4n) is 3.01. The Morgan fingerprint density at radius 3 is 2.29 bits per heavy atom. The smallest absolute Gasteiger partial charge is 0.320 e. The van der Waals surface area contributed by atoms with E-state index in [-0.39, 0.29) is 11.8 Å². The molecule has 0 bridgehead atoms. The molecule has 2 aromatic carbocycles. The zero-order valence-corrected chi connectivity index (χ0v) is 13.9. The van der Waals surface area contributed by atoms with Crippen molar-refractivity contribution in [3.05, 3.63) is 66.0 Å². The lowest BCUT2D eigenvalue weighted by Crippen LogP contribution is -2.52.